The standard InChI is InChI=1S/C22H23ClN6O2/c1-15-5-6-24-19(11-15)27-20-13-21(26-14-25-20)28-7-9-29(10-8-28)22(30)17-12-16(23)3-4-18(17)31-2/h3-6,11-14H,7-10H2,1-2H3,(H,24,25,26,27). The molecule has 4 rings (SSSR count). The van der Waals surface area contributed by atoms with Crippen molar-refractivity contribution >= 4 is 35.0 Å². The van der Waals surface area contributed by atoms with E-state index < -0.39 is 0 Å². The molecular weight excluding hydrogens is 416 g/mol. The maximum Gasteiger partial charge on any atom is 0.257 e. The van der Waals surface area contributed by atoms with Gasteiger partial charge in [-0.3, -0.25) is 4.79 Å². The van der Waals surface area contributed by atoms with Gasteiger partial charge >= 0.3 is 0 Å². The van der Waals surface area contributed by atoms with Gasteiger partial charge in [0.2, 0.25) is 0 Å². The third kappa shape index (κ3) is 4.86. The predicted molar refractivity (Wildman–Crippen MR) is 120 cm³/mol. The van der Waals surface area contributed by atoms with E-state index in [0.29, 0.717) is 48.3 Å². The molecule has 1 aromatic carbocycles. The van der Waals surface area contributed by atoms with Gasteiger partial charge in [0.25, 0.3) is 5.91 Å². The average Bonchev–Trinajstić information content (AvgIpc) is 2.79. The highest BCUT2D eigenvalue weighted by molar-refractivity contribution is 6.31. The molecule has 0 unspecified atom stereocenters. The number of halogens is 1. The number of pyridine rings is 1. The smallest absolute Gasteiger partial charge is 0.257 e. The molecule has 0 atom stereocenters. The number of amides is 1. The van der Waals surface area contributed by atoms with Crippen molar-refractivity contribution in [2.45, 2.75) is 6.92 Å². The number of nitrogens with zero attached hydrogens (tertiary/aromatic N) is 5. The largest absolute Gasteiger partial charge is 0.496 e. The van der Waals surface area contributed by atoms with E-state index in [-0.39, 0.29) is 5.91 Å². The summed E-state index contributed by atoms with van der Waals surface area (Å²) >= 11 is 6.08. The van der Waals surface area contributed by atoms with Crippen molar-refractivity contribution in [2.24, 2.45) is 0 Å². The number of carbonyl (C=O) groups excluding carboxylic acids is 1. The molecule has 3 aromatic rings. The summed E-state index contributed by atoms with van der Waals surface area (Å²) in [6.45, 7) is 4.47. The molecule has 1 amide bonds. The van der Waals surface area contributed by atoms with Crippen LogP contribution < -0.4 is 15.0 Å². The third-order valence-electron chi connectivity index (χ3n) is 5.11. The Balaban J connectivity index is 1.42. The second kappa shape index (κ2) is 9.18. The molecule has 1 aliphatic rings. The summed E-state index contributed by atoms with van der Waals surface area (Å²) in [4.78, 5) is 29.9. The highest BCUT2D eigenvalue weighted by atomic mass is 35.5. The van der Waals surface area contributed by atoms with Crippen LogP contribution in [0.4, 0.5) is 17.5 Å². The number of carbonyl (C=O) groups is 1. The van der Waals surface area contributed by atoms with Crippen molar-refractivity contribution in [1.82, 2.24) is 19.9 Å². The van der Waals surface area contributed by atoms with E-state index in [9.17, 15) is 4.79 Å². The molecule has 1 N–H and O–H groups in total. The molecular formula is C22H23ClN6O2. The lowest BCUT2D eigenvalue weighted by molar-refractivity contribution is 0.0743. The van der Waals surface area contributed by atoms with Crippen LogP contribution in [0.3, 0.4) is 0 Å². The van der Waals surface area contributed by atoms with Crippen molar-refractivity contribution in [1.29, 1.82) is 0 Å². The van der Waals surface area contributed by atoms with Crippen LogP contribution in [-0.4, -0.2) is 59.0 Å². The molecule has 31 heavy (non-hydrogen) atoms. The lowest BCUT2D eigenvalue weighted by Gasteiger charge is -2.35. The Kier molecular flexibility index (Phi) is 6.18. The van der Waals surface area contributed by atoms with Crippen LogP contribution in [0.25, 0.3) is 0 Å². The number of hydrogen-bond donors (Lipinski definition) is 1. The number of nitrogens with one attached hydrogen (secondary N) is 1. The summed E-state index contributed by atoms with van der Waals surface area (Å²) in [6.07, 6.45) is 3.28. The van der Waals surface area contributed by atoms with Crippen molar-refractivity contribution in [3.8, 4) is 5.75 Å². The number of aromatic nitrogens is 3. The molecule has 0 saturated carbocycles. The van der Waals surface area contributed by atoms with Crippen LogP contribution in [0, 0.1) is 6.92 Å². The van der Waals surface area contributed by atoms with E-state index >= 15 is 0 Å². The molecule has 0 spiro atoms. The minimum absolute atomic E-state index is 0.0884. The molecule has 2 aromatic heterocycles. The number of aryl methyl sites for hydroxylation is 1. The topological polar surface area (TPSA) is 83.5 Å². The van der Waals surface area contributed by atoms with Gasteiger partial charge < -0.3 is 19.9 Å². The first-order chi connectivity index (χ1) is 15.0. The number of anilines is 3. The molecule has 0 aliphatic carbocycles. The average molecular weight is 439 g/mol. The second-order valence-corrected chi connectivity index (χ2v) is 7.67. The van der Waals surface area contributed by atoms with E-state index in [0.717, 1.165) is 17.2 Å². The summed E-state index contributed by atoms with van der Waals surface area (Å²) in [5.74, 6) is 2.64. The van der Waals surface area contributed by atoms with Gasteiger partial charge in [0.15, 0.2) is 0 Å². The highest BCUT2D eigenvalue weighted by Crippen LogP contribution is 2.25. The van der Waals surface area contributed by atoms with Crippen LogP contribution in [0.5, 0.6) is 5.75 Å². The van der Waals surface area contributed by atoms with Crippen LogP contribution in [-0.2, 0) is 0 Å². The fraction of sp³-hybridized carbons (Fsp3) is 0.273. The van der Waals surface area contributed by atoms with E-state index in [1.54, 1.807) is 31.5 Å². The van der Waals surface area contributed by atoms with E-state index in [1.165, 1.54) is 6.33 Å². The minimum atomic E-state index is -0.0884. The van der Waals surface area contributed by atoms with Crippen LogP contribution in [0.2, 0.25) is 5.02 Å². The maximum absolute atomic E-state index is 13.0. The molecule has 0 radical (unpaired) electrons. The zero-order chi connectivity index (χ0) is 21.8. The Labute approximate surface area is 185 Å². The van der Waals surface area contributed by atoms with Crippen molar-refractivity contribution < 1.29 is 9.53 Å². The van der Waals surface area contributed by atoms with Crippen molar-refractivity contribution in [2.75, 3.05) is 43.5 Å². The second-order valence-electron chi connectivity index (χ2n) is 7.23. The Morgan fingerprint density at radius 3 is 2.55 bits per heavy atom. The molecule has 9 heteroatoms. The van der Waals surface area contributed by atoms with Crippen LogP contribution >= 0.6 is 11.6 Å². The monoisotopic (exact) mass is 438 g/mol. The van der Waals surface area contributed by atoms with Crippen LogP contribution in [0.15, 0.2) is 48.9 Å². The number of piperazine rings is 1. The fourth-order valence-corrected chi connectivity index (χ4v) is 3.65. The number of rotatable bonds is 5. The summed E-state index contributed by atoms with van der Waals surface area (Å²) < 4.78 is 5.33. The lowest BCUT2D eigenvalue weighted by atomic mass is 10.1. The van der Waals surface area contributed by atoms with Gasteiger partial charge in [-0.2, -0.15) is 0 Å². The quantitative estimate of drug-likeness (QED) is 0.652. The van der Waals surface area contributed by atoms with Gasteiger partial charge in [-0.1, -0.05) is 11.6 Å². The van der Waals surface area contributed by atoms with Crippen LogP contribution in [0.1, 0.15) is 15.9 Å². The first kappa shape index (κ1) is 20.9. The Hall–Kier alpha value is -3.39. The molecule has 1 saturated heterocycles. The SMILES string of the molecule is COc1ccc(Cl)cc1C(=O)N1CCN(c2cc(Nc3cc(C)ccn3)ncn2)CC1. The molecule has 0 bridgehead atoms. The lowest BCUT2D eigenvalue weighted by Crippen LogP contribution is -2.49. The summed E-state index contributed by atoms with van der Waals surface area (Å²) in [7, 11) is 1.55. The van der Waals surface area contributed by atoms with Gasteiger partial charge in [0.1, 0.15) is 29.5 Å². The van der Waals surface area contributed by atoms with Gasteiger partial charge in [-0.25, -0.2) is 15.0 Å². The van der Waals surface area contributed by atoms with Crippen molar-refractivity contribution in [3.05, 3.63) is 65.1 Å². The summed E-state index contributed by atoms with van der Waals surface area (Å²) in [6, 6.07) is 10.9. The van der Waals surface area contributed by atoms with Crippen molar-refractivity contribution in [3.63, 3.8) is 0 Å². The first-order valence-electron chi connectivity index (χ1n) is 9.93. The Morgan fingerprint density at radius 2 is 1.81 bits per heavy atom. The van der Waals surface area contributed by atoms with Gasteiger partial charge in [-0.05, 0) is 42.8 Å². The van der Waals surface area contributed by atoms with Gasteiger partial charge in [0, 0.05) is 43.5 Å². The number of hydrogen-bond acceptors (Lipinski definition) is 7. The number of ether oxygens (including phenoxy) is 1. The molecule has 160 valence electrons. The number of benzene rings is 1. The van der Waals surface area contributed by atoms with Gasteiger partial charge in [0.05, 0.1) is 12.7 Å². The zero-order valence-electron chi connectivity index (χ0n) is 17.4. The normalized spacial score (nSPS) is 13.8. The fourth-order valence-electron chi connectivity index (χ4n) is 3.48. The minimum Gasteiger partial charge on any atom is -0.496 e. The van der Waals surface area contributed by atoms with E-state index in [4.69, 9.17) is 16.3 Å². The molecule has 8 nitrogen and oxygen atoms in total. The summed E-state index contributed by atoms with van der Waals surface area (Å²) in [5, 5.41) is 3.72. The van der Waals surface area contributed by atoms with E-state index in [2.05, 4.69) is 25.2 Å². The number of methoxy groups -OCH3 is 1. The van der Waals surface area contributed by atoms with E-state index in [1.807, 2.05) is 30.0 Å². The third-order valence-corrected chi connectivity index (χ3v) is 5.34. The Bertz CT molecular complexity index is 1090. The molecule has 3 heterocycles. The molecule has 1 aliphatic heterocycles. The maximum atomic E-state index is 13.0. The summed E-state index contributed by atoms with van der Waals surface area (Å²) in [5.41, 5.74) is 1.59. The molecule has 1 fully saturated rings. The Morgan fingerprint density at radius 1 is 1.03 bits per heavy atom. The predicted octanol–water partition coefficient (Wildman–Crippen LogP) is 3.55. The first-order valence-corrected chi connectivity index (χ1v) is 10.3. The van der Waals surface area contributed by atoms with Gasteiger partial charge in [-0.15, -0.1) is 0 Å². The highest BCUT2D eigenvalue weighted by Gasteiger charge is 2.25. The zero-order valence-corrected chi connectivity index (χ0v) is 18.1.